The number of aliphatic carboxylic acids is 1. The second kappa shape index (κ2) is 6.15. The Kier molecular flexibility index (Phi) is 4.64. The summed E-state index contributed by atoms with van der Waals surface area (Å²) in [4.78, 5) is 23.0. The fourth-order valence-electron chi connectivity index (χ4n) is 2.11. The van der Waals surface area contributed by atoms with E-state index in [2.05, 4.69) is 15.9 Å². The molecule has 1 amide bonds. The van der Waals surface area contributed by atoms with Gasteiger partial charge in [-0.2, -0.15) is 13.2 Å². The van der Waals surface area contributed by atoms with Gasteiger partial charge in [-0.15, -0.1) is 0 Å². The van der Waals surface area contributed by atoms with Crippen LogP contribution in [-0.2, 0) is 9.59 Å². The van der Waals surface area contributed by atoms with Crippen molar-refractivity contribution >= 4 is 27.8 Å². The summed E-state index contributed by atoms with van der Waals surface area (Å²) in [6.45, 7) is -0.0457. The molecule has 0 aliphatic carbocycles. The van der Waals surface area contributed by atoms with Crippen LogP contribution in [0.3, 0.4) is 0 Å². The maximum absolute atomic E-state index is 12.3. The van der Waals surface area contributed by atoms with Crippen LogP contribution in [0.2, 0.25) is 0 Å². The minimum absolute atomic E-state index is 0.0457. The summed E-state index contributed by atoms with van der Waals surface area (Å²) < 4.78 is 43.0. The summed E-state index contributed by atoms with van der Waals surface area (Å²) in [5.41, 5.74) is 0.503. The lowest BCUT2D eigenvalue weighted by molar-refractivity contribution is -0.160. The number of fused-ring (bicyclic) bond motifs is 1. The lowest BCUT2D eigenvalue weighted by Crippen LogP contribution is -2.45. The number of hydrogen-bond donors (Lipinski definition) is 2. The summed E-state index contributed by atoms with van der Waals surface area (Å²) in [5, 5.41) is 10.7. The Morgan fingerprint density at radius 3 is 2.73 bits per heavy atom. The number of ether oxygens (including phenoxy) is 1. The first-order valence-electron chi connectivity index (χ1n) is 6.19. The molecule has 0 saturated heterocycles. The fourth-order valence-corrected chi connectivity index (χ4v) is 2.49. The second-order valence-electron chi connectivity index (χ2n) is 4.76. The van der Waals surface area contributed by atoms with Crippen molar-refractivity contribution in [1.82, 2.24) is 5.32 Å². The number of carbonyl (C=O) groups is 2. The van der Waals surface area contributed by atoms with Gasteiger partial charge in [-0.1, -0.05) is 15.9 Å². The molecule has 1 aliphatic heterocycles. The third-order valence-corrected chi connectivity index (χ3v) is 3.61. The number of carboxylic acid groups (broad SMARTS) is 1. The monoisotopic (exact) mass is 381 g/mol. The van der Waals surface area contributed by atoms with Crippen molar-refractivity contribution in [2.75, 3.05) is 6.61 Å². The Balaban J connectivity index is 2.13. The molecule has 2 rings (SSSR count). The minimum atomic E-state index is -4.69. The topological polar surface area (TPSA) is 75.6 Å². The highest BCUT2D eigenvalue weighted by Gasteiger charge is 2.38. The van der Waals surface area contributed by atoms with Crippen molar-refractivity contribution < 1.29 is 32.6 Å². The van der Waals surface area contributed by atoms with E-state index in [-0.39, 0.29) is 6.61 Å². The van der Waals surface area contributed by atoms with Gasteiger partial charge in [-0.3, -0.25) is 4.79 Å². The highest BCUT2D eigenvalue weighted by molar-refractivity contribution is 9.10. The van der Waals surface area contributed by atoms with Crippen LogP contribution in [0.4, 0.5) is 13.2 Å². The largest absolute Gasteiger partial charge is 0.492 e. The SMILES string of the molecule is O=C(O)C(CC(F)(F)F)NC(=O)C1COc2ccc(Br)cc21. The summed E-state index contributed by atoms with van der Waals surface area (Å²) >= 11 is 3.23. The summed E-state index contributed by atoms with van der Waals surface area (Å²) in [7, 11) is 0. The predicted molar refractivity (Wildman–Crippen MR) is 72.6 cm³/mol. The van der Waals surface area contributed by atoms with E-state index in [4.69, 9.17) is 9.84 Å². The molecule has 1 heterocycles. The zero-order valence-electron chi connectivity index (χ0n) is 11.0. The van der Waals surface area contributed by atoms with Gasteiger partial charge in [0.15, 0.2) is 0 Å². The average molecular weight is 382 g/mol. The number of rotatable bonds is 4. The first-order valence-corrected chi connectivity index (χ1v) is 6.99. The molecule has 2 atom stereocenters. The zero-order chi connectivity index (χ0) is 16.5. The molecule has 0 saturated carbocycles. The van der Waals surface area contributed by atoms with E-state index in [1.807, 2.05) is 5.32 Å². The third kappa shape index (κ3) is 3.90. The van der Waals surface area contributed by atoms with E-state index < -0.39 is 36.4 Å². The van der Waals surface area contributed by atoms with E-state index in [1.54, 1.807) is 18.2 Å². The lowest BCUT2D eigenvalue weighted by atomic mass is 10.00. The molecule has 1 aromatic carbocycles. The smallest absolute Gasteiger partial charge is 0.391 e. The van der Waals surface area contributed by atoms with Crippen LogP contribution in [0.15, 0.2) is 22.7 Å². The predicted octanol–water partition coefficient (Wildman–Crippen LogP) is 2.45. The van der Waals surface area contributed by atoms with Crippen LogP contribution in [0.1, 0.15) is 17.9 Å². The normalized spacial score (nSPS) is 18.3. The summed E-state index contributed by atoms with van der Waals surface area (Å²) in [6.07, 6.45) is -6.32. The Labute approximate surface area is 131 Å². The molecule has 1 aromatic rings. The van der Waals surface area contributed by atoms with Crippen molar-refractivity contribution in [2.24, 2.45) is 0 Å². The van der Waals surface area contributed by atoms with Crippen molar-refractivity contribution in [3.8, 4) is 5.75 Å². The van der Waals surface area contributed by atoms with Crippen LogP contribution < -0.4 is 10.1 Å². The fraction of sp³-hybridized carbons (Fsp3) is 0.385. The van der Waals surface area contributed by atoms with Gasteiger partial charge in [-0.25, -0.2) is 4.79 Å². The molecule has 0 radical (unpaired) electrons. The Morgan fingerprint density at radius 2 is 2.14 bits per heavy atom. The van der Waals surface area contributed by atoms with Crippen LogP contribution >= 0.6 is 15.9 Å². The van der Waals surface area contributed by atoms with Crippen LogP contribution in [0.5, 0.6) is 5.75 Å². The van der Waals surface area contributed by atoms with Crippen LogP contribution in [0, 0.1) is 0 Å². The molecular weight excluding hydrogens is 371 g/mol. The molecule has 0 aromatic heterocycles. The van der Waals surface area contributed by atoms with E-state index in [0.717, 1.165) is 0 Å². The Morgan fingerprint density at radius 1 is 1.45 bits per heavy atom. The molecule has 22 heavy (non-hydrogen) atoms. The highest BCUT2D eigenvalue weighted by Crippen LogP contribution is 2.36. The molecule has 0 fully saturated rings. The maximum Gasteiger partial charge on any atom is 0.391 e. The number of carboxylic acids is 1. The van der Waals surface area contributed by atoms with Crippen molar-refractivity contribution in [3.63, 3.8) is 0 Å². The Bertz CT molecular complexity index is 605. The number of benzene rings is 1. The average Bonchev–Trinajstić information content (AvgIpc) is 2.79. The highest BCUT2D eigenvalue weighted by atomic mass is 79.9. The molecule has 5 nitrogen and oxygen atoms in total. The van der Waals surface area contributed by atoms with Gasteiger partial charge in [0.25, 0.3) is 0 Å². The number of alkyl halides is 3. The number of amides is 1. The van der Waals surface area contributed by atoms with Crippen molar-refractivity contribution in [3.05, 3.63) is 28.2 Å². The van der Waals surface area contributed by atoms with Gasteiger partial charge in [0, 0.05) is 10.0 Å². The number of halogens is 4. The molecule has 0 spiro atoms. The quantitative estimate of drug-likeness (QED) is 0.839. The molecule has 9 heteroatoms. The van der Waals surface area contributed by atoms with Crippen LogP contribution in [0.25, 0.3) is 0 Å². The van der Waals surface area contributed by atoms with E-state index in [9.17, 15) is 22.8 Å². The van der Waals surface area contributed by atoms with Gasteiger partial charge in [-0.05, 0) is 18.2 Å². The molecule has 2 unspecified atom stereocenters. The van der Waals surface area contributed by atoms with Gasteiger partial charge < -0.3 is 15.2 Å². The van der Waals surface area contributed by atoms with Crippen molar-refractivity contribution in [2.45, 2.75) is 24.6 Å². The first kappa shape index (κ1) is 16.6. The van der Waals surface area contributed by atoms with E-state index in [0.29, 0.717) is 15.8 Å². The third-order valence-electron chi connectivity index (χ3n) is 3.12. The Hall–Kier alpha value is -1.77. The lowest BCUT2D eigenvalue weighted by Gasteiger charge is -2.18. The minimum Gasteiger partial charge on any atom is -0.492 e. The molecular formula is C13H11BrF3NO4. The van der Waals surface area contributed by atoms with E-state index in [1.165, 1.54) is 0 Å². The number of hydrogen-bond acceptors (Lipinski definition) is 3. The van der Waals surface area contributed by atoms with Gasteiger partial charge >= 0.3 is 12.1 Å². The standard InChI is InChI=1S/C13H11BrF3NO4/c14-6-1-2-10-7(3-6)8(5-22-10)11(19)18-9(12(20)21)4-13(15,16)17/h1-3,8-9H,4-5H2,(H,18,19)(H,20,21). The van der Waals surface area contributed by atoms with Gasteiger partial charge in [0.1, 0.15) is 24.3 Å². The maximum atomic E-state index is 12.3. The van der Waals surface area contributed by atoms with Crippen molar-refractivity contribution in [1.29, 1.82) is 0 Å². The number of carbonyl (C=O) groups excluding carboxylic acids is 1. The molecule has 120 valence electrons. The molecule has 2 N–H and O–H groups in total. The molecule has 0 bridgehead atoms. The zero-order valence-corrected chi connectivity index (χ0v) is 12.6. The van der Waals surface area contributed by atoms with E-state index >= 15 is 0 Å². The van der Waals surface area contributed by atoms with Gasteiger partial charge in [0.2, 0.25) is 5.91 Å². The summed E-state index contributed by atoms with van der Waals surface area (Å²) in [6, 6.07) is 2.91. The first-order chi connectivity index (χ1) is 10.2. The number of nitrogens with one attached hydrogen (secondary N) is 1. The van der Waals surface area contributed by atoms with Gasteiger partial charge in [0.05, 0.1) is 6.42 Å². The van der Waals surface area contributed by atoms with Crippen LogP contribution in [-0.4, -0.2) is 35.8 Å². The molecule has 1 aliphatic rings. The second-order valence-corrected chi connectivity index (χ2v) is 5.68. The summed E-state index contributed by atoms with van der Waals surface area (Å²) in [5.74, 6) is -2.94.